The maximum Gasteiger partial charge on any atom is 0.366 e. The highest BCUT2D eigenvalue weighted by atomic mass is 16.5. The van der Waals surface area contributed by atoms with Gasteiger partial charge in [-0.3, -0.25) is 4.79 Å². The molecule has 0 saturated heterocycles. The first-order chi connectivity index (χ1) is 17.9. The molecule has 1 amide bonds. The quantitative estimate of drug-likeness (QED) is 0.227. The van der Waals surface area contributed by atoms with Crippen molar-refractivity contribution in [3.05, 3.63) is 117 Å². The molecule has 1 aromatic heterocycles. The Morgan fingerprint density at radius 2 is 1.66 bits per heavy atom. The van der Waals surface area contributed by atoms with Crippen LogP contribution in [0.3, 0.4) is 0 Å². The second-order valence-electron chi connectivity index (χ2n) is 10.6. The van der Waals surface area contributed by atoms with Crippen molar-refractivity contribution >= 4 is 28.4 Å². The molecule has 4 rings (SSSR count). The van der Waals surface area contributed by atoms with Crippen molar-refractivity contribution in [3.8, 4) is 0 Å². The molecule has 1 heterocycles. The third kappa shape index (κ3) is 6.17. The highest BCUT2D eigenvalue weighted by Gasteiger charge is 2.25. The topological polar surface area (TPSA) is 92.4 Å². The maximum atomic E-state index is 13.6. The lowest BCUT2D eigenvalue weighted by Crippen LogP contribution is -2.23. The average molecular weight is 509 g/mol. The Morgan fingerprint density at radius 1 is 0.974 bits per heavy atom. The van der Waals surface area contributed by atoms with Crippen LogP contribution in [0.1, 0.15) is 56.5 Å². The fourth-order valence-electron chi connectivity index (χ4n) is 4.30. The monoisotopic (exact) mass is 508 g/mol. The Labute approximate surface area is 222 Å². The van der Waals surface area contributed by atoms with E-state index in [4.69, 9.17) is 4.52 Å². The number of fused-ring (bicyclic) bond motifs is 1. The van der Waals surface area contributed by atoms with E-state index in [-0.39, 0.29) is 11.3 Å². The van der Waals surface area contributed by atoms with Gasteiger partial charge >= 0.3 is 5.63 Å². The van der Waals surface area contributed by atoms with Crippen LogP contribution in [0.15, 0.2) is 93.4 Å². The fourth-order valence-corrected chi connectivity index (χ4v) is 4.30. The number of aromatic nitrogens is 1. The van der Waals surface area contributed by atoms with Gasteiger partial charge in [-0.15, -0.1) is 5.73 Å². The zero-order chi connectivity index (χ0) is 27.5. The normalized spacial score (nSPS) is 11.6. The lowest BCUT2D eigenvalue weighted by Gasteiger charge is -2.25. The number of hydrogen-bond acceptors (Lipinski definition) is 5. The van der Waals surface area contributed by atoms with E-state index in [1.807, 2.05) is 42.5 Å². The van der Waals surface area contributed by atoms with Gasteiger partial charge < -0.3 is 14.9 Å². The lowest BCUT2D eigenvalue weighted by molar-refractivity contribution is -0.113. The van der Waals surface area contributed by atoms with Gasteiger partial charge in [0.2, 0.25) is 0 Å². The molecule has 0 fully saturated rings. The number of carbonyl (C=O) groups is 1. The molecule has 0 bridgehead atoms. The van der Waals surface area contributed by atoms with Crippen LogP contribution in [-0.2, 0) is 15.8 Å². The summed E-state index contributed by atoms with van der Waals surface area (Å²) in [5.74, 6) is -0.286. The molecule has 194 valence electrons. The average Bonchev–Trinajstić information content (AvgIpc) is 2.89. The van der Waals surface area contributed by atoms with E-state index < -0.39 is 11.2 Å². The molecule has 0 saturated carbocycles. The second-order valence-corrected chi connectivity index (χ2v) is 10.6. The van der Waals surface area contributed by atoms with Crippen molar-refractivity contribution in [1.82, 2.24) is 5.16 Å². The Kier molecular flexibility index (Phi) is 7.49. The molecule has 0 unspecified atom stereocenters. The van der Waals surface area contributed by atoms with Gasteiger partial charge in [0.15, 0.2) is 0 Å². The Hall–Kier alpha value is -4.25. The van der Waals surface area contributed by atoms with Gasteiger partial charge in [0, 0.05) is 11.1 Å². The minimum absolute atomic E-state index is 0.286. The van der Waals surface area contributed by atoms with E-state index in [1.165, 1.54) is 0 Å². The first-order valence-electron chi connectivity index (χ1n) is 12.5. The van der Waals surface area contributed by atoms with Crippen LogP contribution in [0, 0.1) is 6.92 Å². The molecule has 6 heteroatoms. The number of rotatable bonds is 7. The molecule has 0 spiro atoms. The molecular weight excluding hydrogens is 476 g/mol. The van der Waals surface area contributed by atoms with Gasteiger partial charge in [-0.25, -0.2) is 4.79 Å². The van der Waals surface area contributed by atoms with Gasteiger partial charge in [0.1, 0.15) is 0 Å². The number of carbonyl (C=O) groups excluding carboxylic acids is 1. The second kappa shape index (κ2) is 10.6. The fraction of sp³-hybridized carbons (Fsp3) is 0.250. The molecule has 0 aliphatic heterocycles. The Morgan fingerprint density at radius 3 is 2.32 bits per heavy atom. The zero-order valence-electron chi connectivity index (χ0n) is 22.3. The number of aryl methyl sites for hydroxylation is 1. The molecule has 6 nitrogen and oxygen atoms in total. The van der Waals surface area contributed by atoms with E-state index in [2.05, 4.69) is 42.2 Å². The number of anilines is 1. The highest BCUT2D eigenvalue weighted by molar-refractivity contribution is 6.05. The molecule has 0 radical (unpaired) electrons. The summed E-state index contributed by atoms with van der Waals surface area (Å²) in [4.78, 5) is 25.6. The van der Waals surface area contributed by atoms with Crippen molar-refractivity contribution in [1.29, 1.82) is 0 Å². The lowest BCUT2D eigenvalue weighted by atomic mass is 9.79. The molecule has 0 aliphatic rings. The number of nitrogens with zero attached hydrogens (tertiary/aromatic N) is 1. The predicted octanol–water partition coefficient (Wildman–Crippen LogP) is 6.27. The van der Waals surface area contributed by atoms with Crippen LogP contribution in [0.4, 0.5) is 5.69 Å². The van der Waals surface area contributed by atoms with Gasteiger partial charge in [0.05, 0.1) is 22.3 Å². The van der Waals surface area contributed by atoms with Gasteiger partial charge in [-0.05, 0) is 73.6 Å². The largest absolute Gasteiger partial charge is 0.386 e. The van der Waals surface area contributed by atoms with E-state index in [0.717, 1.165) is 16.7 Å². The standard InChI is InChI=1S/C32H32N2O4/c1-21-28-19-26(17-18-27(28)30(36)38-34-21)33-29(35)23(20-31(2,3)24-9-7-6-8-10-24)14-11-22-12-15-25(16-13-22)32(4,5)37/h6-13,15-19,37H,20H2,1-5H3,(H,33,35). The summed E-state index contributed by atoms with van der Waals surface area (Å²) in [7, 11) is 0. The van der Waals surface area contributed by atoms with Gasteiger partial charge in [0.25, 0.3) is 5.91 Å². The SMILES string of the molecule is Cc1noc(=O)c2ccc(NC(=O)C(=C=Cc3ccc(C(C)(C)O)cc3)CC(C)(C)c3ccccc3)cc12. The molecule has 0 aliphatic carbocycles. The van der Waals surface area contributed by atoms with Crippen LogP contribution in [0.5, 0.6) is 0 Å². The summed E-state index contributed by atoms with van der Waals surface area (Å²) < 4.78 is 4.80. The van der Waals surface area contributed by atoms with Crippen LogP contribution in [0.2, 0.25) is 0 Å². The van der Waals surface area contributed by atoms with E-state index >= 15 is 0 Å². The summed E-state index contributed by atoms with van der Waals surface area (Å²) in [6.45, 7) is 9.42. The van der Waals surface area contributed by atoms with E-state index in [1.54, 1.807) is 45.0 Å². The summed E-state index contributed by atoms with van der Waals surface area (Å²) >= 11 is 0. The van der Waals surface area contributed by atoms with E-state index in [0.29, 0.717) is 34.1 Å². The number of hydrogen-bond donors (Lipinski definition) is 2. The molecule has 0 atom stereocenters. The zero-order valence-corrected chi connectivity index (χ0v) is 22.3. The molecule has 3 aromatic carbocycles. The first-order valence-corrected chi connectivity index (χ1v) is 12.5. The Bertz CT molecular complexity index is 1590. The summed E-state index contributed by atoms with van der Waals surface area (Å²) in [6, 6.07) is 22.6. The van der Waals surface area contributed by atoms with Crippen LogP contribution >= 0.6 is 0 Å². The van der Waals surface area contributed by atoms with Crippen molar-refractivity contribution in [2.45, 2.75) is 52.1 Å². The molecule has 38 heavy (non-hydrogen) atoms. The molecule has 4 aromatic rings. The third-order valence-corrected chi connectivity index (χ3v) is 6.63. The number of aliphatic hydroxyl groups is 1. The maximum absolute atomic E-state index is 13.6. The van der Waals surface area contributed by atoms with E-state index in [9.17, 15) is 14.7 Å². The smallest absolute Gasteiger partial charge is 0.366 e. The van der Waals surface area contributed by atoms with Gasteiger partial charge in [-0.2, -0.15) is 0 Å². The third-order valence-electron chi connectivity index (χ3n) is 6.63. The summed E-state index contributed by atoms with van der Waals surface area (Å²) in [6.07, 6.45) is 2.22. The summed E-state index contributed by atoms with van der Waals surface area (Å²) in [5, 5.41) is 18.0. The number of nitrogens with one attached hydrogen (secondary N) is 1. The highest BCUT2D eigenvalue weighted by Crippen LogP contribution is 2.31. The van der Waals surface area contributed by atoms with Crippen molar-refractivity contribution in [3.63, 3.8) is 0 Å². The van der Waals surface area contributed by atoms with Crippen molar-refractivity contribution < 1.29 is 14.4 Å². The number of amides is 1. The number of benzene rings is 3. The minimum atomic E-state index is -0.933. The van der Waals surface area contributed by atoms with Crippen molar-refractivity contribution in [2.24, 2.45) is 0 Å². The van der Waals surface area contributed by atoms with Crippen LogP contribution in [0.25, 0.3) is 16.8 Å². The minimum Gasteiger partial charge on any atom is -0.386 e. The van der Waals surface area contributed by atoms with Gasteiger partial charge in [-0.1, -0.05) is 73.6 Å². The van der Waals surface area contributed by atoms with Crippen molar-refractivity contribution in [2.75, 3.05) is 5.32 Å². The predicted molar refractivity (Wildman–Crippen MR) is 151 cm³/mol. The summed E-state index contributed by atoms with van der Waals surface area (Å²) in [5.41, 5.74) is 5.81. The van der Waals surface area contributed by atoms with Crippen LogP contribution in [-0.4, -0.2) is 16.2 Å². The Balaban J connectivity index is 1.70. The first kappa shape index (κ1) is 26.8. The molecule has 2 N–H and O–H groups in total. The molecular formula is C32H32N2O4. The van der Waals surface area contributed by atoms with Crippen LogP contribution < -0.4 is 10.9 Å².